The lowest BCUT2D eigenvalue weighted by Crippen LogP contribution is -2.41. The molecule has 0 heterocycles. The summed E-state index contributed by atoms with van der Waals surface area (Å²) in [5, 5.41) is 9.75. The zero-order valence-corrected chi connectivity index (χ0v) is 11.8. The smallest absolute Gasteiger partial charge is 0.151 e. The molecular formula is C15H22FNO2. The summed E-state index contributed by atoms with van der Waals surface area (Å²) in [6.45, 7) is 6.67. The number of nitrogens with zero attached hydrogens (tertiary/aromatic N) is 1. The average Bonchev–Trinajstić information content (AvgIpc) is 2.29. The Hall–Kier alpha value is -1.26. The third-order valence-electron chi connectivity index (χ3n) is 2.80. The first kappa shape index (κ1) is 15.8. The maximum absolute atomic E-state index is 13.4. The molecule has 0 aliphatic rings. The fourth-order valence-electron chi connectivity index (χ4n) is 1.99. The number of hydrogen-bond donors (Lipinski definition) is 1. The zero-order valence-electron chi connectivity index (χ0n) is 11.8. The van der Waals surface area contributed by atoms with Crippen LogP contribution in [0.3, 0.4) is 0 Å². The van der Waals surface area contributed by atoms with Gasteiger partial charge in [0.05, 0.1) is 12.1 Å². The molecule has 19 heavy (non-hydrogen) atoms. The summed E-state index contributed by atoms with van der Waals surface area (Å²) in [7, 11) is 0. The predicted octanol–water partition coefficient (Wildman–Crippen LogP) is 2.03. The molecular weight excluding hydrogens is 245 g/mol. The van der Waals surface area contributed by atoms with Gasteiger partial charge in [-0.1, -0.05) is 25.1 Å². The van der Waals surface area contributed by atoms with E-state index in [9.17, 15) is 14.3 Å². The van der Waals surface area contributed by atoms with Crippen LogP contribution in [0.25, 0.3) is 0 Å². The van der Waals surface area contributed by atoms with Gasteiger partial charge in [-0.3, -0.25) is 9.69 Å². The average molecular weight is 267 g/mol. The highest BCUT2D eigenvalue weighted by molar-refractivity contribution is 5.82. The summed E-state index contributed by atoms with van der Waals surface area (Å²) in [4.78, 5) is 13.8. The quantitative estimate of drug-likeness (QED) is 0.822. The van der Waals surface area contributed by atoms with Crippen LogP contribution in [0, 0.1) is 5.82 Å². The Labute approximate surface area is 114 Å². The van der Waals surface area contributed by atoms with Crippen molar-refractivity contribution >= 4 is 5.78 Å². The molecule has 1 aromatic carbocycles. The topological polar surface area (TPSA) is 40.5 Å². The Bertz CT molecular complexity index is 426. The van der Waals surface area contributed by atoms with E-state index < -0.39 is 5.60 Å². The number of rotatable bonds is 7. The monoisotopic (exact) mass is 267 g/mol. The fraction of sp³-hybridized carbons (Fsp3) is 0.533. The molecule has 0 saturated carbocycles. The van der Waals surface area contributed by atoms with Gasteiger partial charge in [-0.15, -0.1) is 0 Å². The van der Waals surface area contributed by atoms with Gasteiger partial charge in [-0.25, -0.2) is 4.39 Å². The van der Waals surface area contributed by atoms with Crippen LogP contribution >= 0.6 is 0 Å². The van der Waals surface area contributed by atoms with Crippen LogP contribution in [0.4, 0.5) is 4.39 Å². The number of hydrogen-bond acceptors (Lipinski definition) is 3. The van der Waals surface area contributed by atoms with E-state index in [-0.39, 0.29) is 24.6 Å². The van der Waals surface area contributed by atoms with Crippen LogP contribution < -0.4 is 0 Å². The van der Waals surface area contributed by atoms with Crippen LogP contribution in [0.2, 0.25) is 0 Å². The van der Waals surface area contributed by atoms with E-state index in [2.05, 4.69) is 0 Å². The molecule has 1 aromatic rings. The van der Waals surface area contributed by atoms with Gasteiger partial charge in [0.15, 0.2) is 5.78 Å². The van der Waals surface area contributed by atoms with Gasteiger partial charge < -0.3 is 5.11 Å². The van der Waals surface area contributed by atoms with Gasteiger partial charge in [-0.2, -0.15) is 0 Å². The van der Waals surface area contributed by atoms with E-state index >= 15 is 0 Å². The van der Waals surface area contributed by atoms with Crippen molar-refractivity contribution in [1.29, 1.82) is 0 Å². The lowest BCUT2D eigenvalue weighted by molar-refractivity contribution is -0.120. The van der Waals surface area contributed by atoms with Crippen LogP contribution in [0.5, 0.6) is 0 Å². The zero-order chi connectivity index (χ0) is 14.5. The number of benzene rings is 1. The number of likely N-dealkylation sites (N-methyl/N-ethyl adjacent to an activating group) is 1. The molecule has 4 heteroatoms. The van der Waals surface area contributed by atoms with Gasteiger partial charge in [0.1, 0.15) is 5.82 Å². The van der Waals surface area contributed by atoms with Crippen molar-refractivity contribution in [2.75, 3.05) is 19.6 Å². The van der Waals surface area contributed by atoms with Gasteiger partial charge in [0, 0.05) is 13.0 Å². The van der Waals surface area contributed by atoms with E-state index in [4.69, 9.17) is 0 Å². The first-order valence-electron chi connectivity index (χ1n) is 6.51. The molecule has 106 valence electrons. The van der Waals surface area contributed by atoms with E-state index in [1.54, 1.807) is 32.0 Å². The fourth-order valence-corrected chi connectivity index (χ4v) is 1.99. The maximum Gasteiger partial charge on any atom is 0.151 e. The molecule has 0 spiro atoms. The van der Waals surface area contributed by atoms with Crippen LogP contribution in [-0.4, -0.2) is 41.0 Å². The van der Waals surface area contributed by atoms with E-state index in [1.807, 2.05) is 11.8 Å². The SMILES string of the molecule is CCN(CC(=O)Cc1ccccc1F)CC(C)(C)O. The first-order valence-corrected chi connectivity index (χ1v) is 6.51. The molecule has 0 unspecified atom stereocenters. The van der Waals surface area contributed by atoms with Crippen LogP contribution in [0.1, 0.15) is 26.3 Å². The van der Waals surface area contributed by atoms with Crippen molar-refractivity contribution in [2.45, 2.75) is 32.8 Å². The molecule has 3 nitrogen and oxygen atoms in total. The Morgan fingerprint density at radius 3 is 2.53 bits per heavy atom. The molecule has 0 fully saturated rings. The third kappa shape index (κ3) is 5.94. The maximum atomic E-state index is 13.4. The summed E-state index contributed by atoms with van der Waals surface area (Å²) >= 11 is 0. The lowest BCUT2D eigenvalue weighted by Gasteiger charge is -2.27. The van der Waals surface area contributed by atoms with E-state index in [0.717, 1.165) is 0 Å². The van der Waals surface area contributed by atoms with Crippen molar-refractivity contribution < 1.29 is 14.3 Å². The summed E-state index contributed by atoms with van der Waals surface area (Å²) < 4.78 is 13.4. The molecule has 0 bridgehead atoms. The normalized spacial score (nSPS) is 11.9. The van der Waals surface area contributed by atoms with E-state index in [1.165, 1.54) is 6.07 Å². The van der Waals surface area contributed by atoms with Gasteiger partial charge >= 0.3 is 0 Å². The number of halogens is 1. The van der Waals surface area contributed by atoms with Crippen molar-refractivity contribution in [3.63, 3.8) is 0 Å². The first-order chi connectivity index (χ1) is 8.81. The number of carbonyl (C=O) groups is 1. The van der Waals surface area contributed by atoms with Crippen molar-refractivity contribution in [2.24, 2.45) is 0 Å². The van der Waals surface area contributed by atoms with Gasteiger partial charge in [0.2, 0.25) is 0 Å². The van der Waals surface area contributed by atoms with Crippen molar-refractivity contribution in [3.05, 3.63) is 35.6 Å². The number of carbonyl (C=O) groups excluding carboxylic acids is 1. The highest BCUT2D eigenvalue weighted by atomic mass is 19.1. The Kier molecular flexibility index (Phi) is 5.63. The highest BCUT2D eigenvalue weighted by Crippen LogP contribution is 2.09. The summed E-state index contributed by atoms with van der Waals surface area (Å²) in [5.74, 6) is -0.391. The van der Waals surface area contributed by atoms with Gasteiger partial charge in [-0.05, 0) is 32.0 Å². The minimum atomic E-state index is -0.839. The Balaban J connectivity index is 2.57. The minimum absolute atomic E-state index is 0.0452. The summed E-state index contributed by atoms with van der Waals surface area (Å²) in [6, 6.07) is 6.31. The number of Topliss-reactive ketones (excluding diaryl/α,β-unsaturated/α-hetero) is 1. The minimum Gasteiger partial charge on any atom is -0.389 e. The Morgan fingerprint density at radius 2 is 2.00 bits per heavy atom. The van der Waals surface area contributed by atoms with Crippen LogP contribution in [-0.2, 0) is 11.2 Å². The van der Waals surface area contributed by atoms with Crippen molar-refractivity contribution in [1.82, 2.24) is 4.90 Å². The molecule has 1 rings (SSSR count). The molecule has 0 atom stereocenters. The summed E-state index contributed by atoms with van der Waals surface area (Å²) in [5.41, 5.74) is -0.416. The lowest BCUT2D eigenvalue weighted by atomic mass is 10.1. The second-order valence-corrected chi connectivity index (χ2v) is 5.42. The summed E-state index contributed by atoms with van der Waals surface area (Å²) in [6.07, 6.45) is 0.0923. The third-order valence-corrected chi connectivity index (χ3v) is 2.80. The molecule has 1 N–H and O–H groups in total. The van der Waals surface area contributed by atoms with Crippen LogP contribution in [0.15, 0.2) is 24.3 Å². The predicted molar refractivity (Wildman–Crippen MR) is 73.5 cm³/mol. The largest absolute Gasteiger partial charge is 0.389 e. The molecule has 0 aromatic heterocycles. The number of aliphatic hydroxyl groups is 1. The Morgan fingerprint density at radius 1 is 1.37 bits per heavy atom. The second-order valence-electron chi connectivity index (χ2n) is 5.42. The molecule has 0 saturated heterocycles. The standard InChI is InChI=1S/C15H22FNO2/c1-4-17(11-15(2,3)19)10-13(18)9-12-7-5-6-8-14(12)16/h5-8,19H,4,9-11H2,1-3H3. The molecule has 0 amide bonds. The highest BCUT2D eigenvalue weighted by Gasteiger charge is 2.19. The van der Waals surface area contributed by atoms with E-state index in [0.29, 0.717) is 18.7 Å². The molecule has 0 radical (unpaired) electrons. The second kappa shape index (κ2) is 6.78. The number of ketones is 1. The molecule has 0 aliphatic heterocycles. The van der Waals surface area contributed by atoms with Crippen molar-refractivity contribution in [3.8, 4) is 0 Å². The molecule has 0 aliphatic carbocycles. The van der Waals surface area contributed by atoms with Gasteiger partial charge in [0.25, 0.3) is 0 Å².